The van der Waals surface area contributed by atoms with Crippen molar-refractivity contribution >= 4 is 32.6 Å². The third-order valence-electron chi connectivity index (χ3n) is 5.11. The highest BCUT2D eigenvalue weighted by molar-refractivity contribution is 7.22. The number of rotatable bonds is 6. The third-order valence-corrected chi connectivity index (χ3v) is 6.16. The summed E-state index contributed by atoms with van der Waals surface area (Å²) in [4.78, 5) is 24.1. The number of para-hydroxylation sites is 1. The molecule has 0 saturated heterocycles. The maximum absolute atomic E-state index is 13.4. The van der Waals surface area contributed by atoms with Crippen LogP contribution in [0.3, 0.4) is 0 Å². The van der Waals surface area contributed by atoms with Crippen molar-refractivity contribution in [3.63, 3.8) is 0 Å². The number of carbonyl (C=O) groups is 1. The summed E-state index contributed by atoms with van der Waals surface area (Å²) in [5.41, 5.74) is 5.13. The number of amides is 1. The summed E-state index contributed by atoms with van der Waals surface area (Å²) in [7, 11) is 1.63. The highest BCUT2D eigenvalue weighted by Gasteiger charge is 2.22. The molecule has 0 spiro atoms. The summed E-state index contributed by atoms with van der Waals surface area (Å²) in [6, 6.07) is 15.8. The molecule has 30 heavy (non-hydrogen) atoms. The van der Waals surface area contributed by atoms with E-state index in [1.165, 1.54) is 22.5 Å². The van der Waals surface area contributed by atoms with Gasteiger partial charge in [-0.15, -0.1) is 0 Å². The Morgan fingerprint density at radius 2 is 1.93 bits per heavy atom. The van der Waals surface area contributed by atoms with Gasteiger partial charge in [0.15, 0.2) is 5.13 Å². The molecule has 4 aromatic rings. The number of aryl methyl sites for hydroxylation is 2. The van der Waals surface area contributed by atoms with Crippen LogP contribution < -0.4 is 9.64 Å². The van der Waals surface area contributed by atoms with Crippen molar-refractivity contribution in [1.29, 1.82) is 0 Å². The lowest BCUT2D eigenvalue weighted by Crippen LogP contribution is -2.31. The number of hydrogen-bond acceptors (Lipinski definition) is 5. The lowest BCUT2D eigenvalue weighted by molar-refractivity contribution is -0.118. The summed E-state index contributed by atoms with van der Waals surface area (Å²) >= 11 is 1.49. The topological polar surface area (TPSA) is 55.3 Å². The fraction of sp³-hybridized carbons (Fsp3) is 0.208. The first-order valence-electron chi connectivity index (χ1n) is 9.74. The highest BCUT2D eigenvalue weighted by atomic mass is 32.1. The van der Waals surface area contributed by atoms with Gasteiger partial charge in [0.2, 0.25) is 5.91 Å². The molecule has 152 valence electrons. The van der Waals surface area contributed by atoms with Gasteiger partial charge in [0.05, 0.1) is 24.8 Å². The van der Waals surface area contributed by atoms with Crippen LogP contribution >= 0.6 is 11.3 Å². The first-order valence-corrected chi connectivity index (χ1v) is 10.6. The number of methoxy groups -OCH3 is 1. The van der Waals surface area contributed by atoms with Crippen molar-refractivity contribution in [2.75, 3.05) is 12.0 Å². The SMILES string of the molecule is COc1cccc2sc(N(Cc3cccnc3)C(=O)Cc3ccc(C)c(C)c3)nc12. The van der Waals surface area contributed by atoms with E-state index in [9.17, 15) is 4.79 Å². The van der Waals surface area contributed by atoms with Crippen molar-refractivity contribution in [2.45, 2.75) is 26.8 Å². The molecule has 5 nitrogen and oxygen atoms in total. The van der Waals surface area contributed by atoms with Crippen LogP contribution in [-0.4, -0.2) is 23.0 Å². The molecule has 0 aliphatic heterocycles. The molecule has 0 N–H and O–H groups in total. The van der Waals surface area contributed by atoms with Crippen LogP contribution in [0.15, 0.2) is 60.9 Å². The van der Waals surface area contributed by atoms with Gasteiger partial charge >= 0.3 is 0 Å². The standard InChI is InChI=1S/C24H23N3O2S/c1-16-9-10-18(12-17(16)2)13-22(28)27(15-19-6-5-11-25-14-19)24-26-23-20(29-3)7-4-8-21(23)30-24/h4-12,14H,13,15H2,1-3H3. The molecular formula is C24H23N3O2S. The van der Waals surface area contributed by atoms with Crippen molar-refractivity contribution < 1.29 is 9.53 Å². The molecule has 0 unspecified atom stereocenters. The number of benzene rings is 2. The molecule has 0 aliphatic rings. The Morgan fingerprint density at radius 3 is 2.67 bits per heavy atom. The van der Waals surface area contributed by atoms with Crippen LogP contribution in [0.5, 0.6) is 5.75 Å². The predicted octanol–water partition coefficient (Wildman–Crippen LogP) is 5.09. The molecule has 2 aromatic carbocycles. The fourth-order valence-electron chi connectivity index (χ4n) is 3.31. The lowest BCUT2D eigenvalue weighted by Gasteiger charge is -2.20. The second-order valence-corrected chi connectivity index (χ2v) is 8.25. The van der Waals surface area contributed by atoms with E-state index in [0.717, 1.165) is 21.3 Å². The van der Waals surface area contributed by atoms with E-state index in [2.05, 4.69) is 31.0 Å². The number of carbonyl (C=O) groups excluding carboxylic acids is 1. The minimum absolute atomic E-state index is 0.000120. The van der Waals surface area contributed by atoms with Crippen LogP contribution in [0.2, 0.25) is 0 Å². The van der Waals surface area contributed by atoms with Gasteiger partial charge in [-0.2, -0.15) is 0 Å². The molecule has 0 bridgehead atoms. The average Bonchev–Trinajstić information content (AvgIpc) is 3.19. The maximum Gasteiger partial charge on any atom is 0.233 e. The van der Waals surface area contributed by atoms with E-state index in [0.29, 0.717) is 23.8 Å². The van der Waals surface area contributed by atoms with E-state index in [1.54, 1.807) is 24.4 Å². The average molecular weight is 418 g/mol. The number of aromatic nitrogens is 2. The van der Waals surface area contributed by atoms with Crippen molar-refractivity contribution in [3.05, 3.63) is 83.2 Å². The van der Waals surface area contributed by atoms with E-state index in [1.807, 2.05) is 36.4 Å². The third kappa shape index (κ3) is 4.19. The number of nitrogens with zero attached hydrogens (tertiary/aromatic N) is 3. The molecule has 4 rings (SSSR count). The molecule has 0 fully saturated rings. The quantitative estimate of drug-likeness (QED) is 0.438. The van der Waals surface area contributed by atoms with Gasteiger partial charge in [-0.3, -0.25) is 14.7 Å². The Kier molecular flexibility index (Phi) is 5.77. The molecule has 0 radical (unpaired) electrons. The van der Waals surface area contributed by atoms with Crippen LogP contribution in [0, 0.1) is 13.8 Å². The number of hydrogen-bond donors (Lipinski definition) is 0. The number of fused-ring (bicyclic) bond motifs is 1. The zero-order valence-corrected chi connectivity index (χ0v) is 18.1. The largest absolute Gasteiger partial charge is 0.494 e. The van der Waals surface area contributed by atoms with Gasteiger partial charge in [0, 0.05) is 12.4 Å². The van der Waals surface area contributed by atoms with E-state index < -0.39 is 0 Å². The second-order valence-electron chi connectivity index (χ2n) is 7.24. The summed E-state index contributed by atoms with van der Waals surface area (Å²) in [6.07, 6.45) is 3.83. The van der Waals surface area contributed by atoms with Gasteiger partial charge in [0.1, 0.15) is 11.3 Å². The van der Waals surface area contributed by atoms with Gasteiger partial charge < -0.3 is 4.74 Å². The van der Waals surface area contributed by atoms with Gasteiger partial charge in [-0.1, -0.05) is 41.7 Å². The molecule has 2 aromatic heterocycles. The Balaban J connectivity index is 1.70. The fourth-order valence-corrected chi connectivity index (χ4v) is 4.31. The zero-order chi connectivity index (χ0) is 21.1. The van der Waals surface area contributed by atoms with E-state index in [-0.39, 0.29) is 5.91 Å². The number of ether oxygens (including phenoxy) is 1. The van der Waals surface area contributed by atoms with Gasteiger partial charge in [0.25, 0.3) is 0 Å². The highest BCUT2D eigenvalue weighted by Crippen LogP contribution is 2.35. The summed E-state index contributed by atoms with van der Waals surface area (Å²) in [6.45, 7) is 4.56. The van der Waals surface area contributed by atoms with Crippen molar-refractivity contribution in [3.8, 4) is 5.75 Å². The molecule has 6 heteroatoms. The number of pyridine rings is 1. The van der Waals surface area contributed by atoms with Crippen LogP contribution in [0.25, 0.3) is 10.2 Å². The van der Waals surface area contributed by atoms with E-state index in [4.69, 9.17) is 9.72 Å². The molecule has 2 heterocycles. The monoisotopic (exact) mass is 417 g/mol. The zero-order valence-electron chi connectivity index (χ0n) is 17.3. The summed E-state index contributed by atoms with van der Waals surface area (Å²) in [5, 5.41) is 0.659. The summed E-state index contributed by atoms with van der Waals surface area (Å²) in [5.74, 6) is 0.707. The molecular weight excluding hydrogens is 394 g/mol. The number of anilines is 1. The first-order chi connectivity index (χ1) is 14.5. The molecule has 0 atom stereocenters. The van der Waals surface area contributed by atoms with Crippen LogP contribution in [0.1, 0.15) is 22.3 Å². The maximum atomic E-state index is 13.4. The lowest BCUT2D eigenvalue weighted by atomic mass is 10.0. The van der Waals surface area contributed by atoms with E-state index >= 15 is 0 Å². The molecule has 0 aliphatic carbocycles. The Labute approximate surface area is 180 Å². The smallest absolute Gasteiger partial charge is 0.233 e. The predicted molar refractivity (Wildman–Crippen MR) is 121 cm³/mol. The Morgan fingerprint density at radius 1 is 1.07 bits per heavy atom. The molecule has 1 amide bonds. The van der Waals surface area contributed by atoms with Crippen molar-refractivity contribution in [1.82, 2.24) is 9.97 Å². The first kappa shape index (κ1) is 20.0. The Bertz CT molecular complexity index is 1190. The van der Waals surface area contributed by atoms with Gasteiger partial charge in [-0.25, -0.2) is 4.98 Å². The van der Waals surface area contributed by atoms with Crippen LogP contribution in [-0.2, 0) is 17.8 Å². The molecule has 0 saturated carbocycles. The van der Waals surface area contributed by atoms with Gasteiger partial charge in [-0.05, 0) is 54.3 Å². The summed E-state index contributed by atoms with van der Waals surface area (Å²) < 4.78 is 6.44. The number of thiazole rings is 1. The normalized spacial score (nSPS) is 10.9. The minimum atomic E-state index is 0.000120. The minimum Gasteiger partial charge on any atom is -0.494 e. The second kappa shape index (κ2) is 8.63. The van der Waals surface area contributed by atoms with Crippen LogP contribution in [0.4, 0.5) is 5.13 Å². The Hall–Kier alpha value is -3.25. The van der Waals surface area contributed by atoms with Crippen molar-refractivity contribution in [2.24, 2.45) is 0 Å².